The van der Waals surface area contributed by atoms with E-state index >= 15 is 0 Å². The number of Topliss-reactive ketones (excluding diaryl/α,β-unsaturated/α-hetero) is 1. The van der Waals surface area contributed by atoms with E-state index < -0.39 is 0 Å². The third-order valence-corrected chi connectivity index (χ3v) is 6.02. The first-order valence-corrected chi connectivity index (χ1v) is 10.6. The van der Waals surface area contributed by atoms with Crippen molar-refractivity contribution < 1.29 is 4.79 Å². The topological polar surface area (TPSA) is 46.1 Å². The van der Waals surface area contributed by atoms with Crippen LogP contribution in [0.1, 0.15) is 28.8 Å². The number of thioether (sulfide) groups is 1. The van der Waals surface area contributed by atoms with Gasteiger partial charge in [-0.1, -0.05) is 30.3 Å². The van der Waals surface area contributed by atoms with Crippen LogP contribution in [0.4, 0.5) is 0 Å². The fourth-order valence-corrected chi connectivity index (χ4v) is 4.51. The number of carbonyl (C=O) groups is 1. The van der Waals surface area contributed by atoms with Crippen LogP contribution in [0.5, 0.6) is 0 Å². The summed E-state index contributed by atoms with van der Waals surface area (Å²) in [5.74, 6) is 0.343. The number of carbonyl (C=O) groups excluding carboxylic acids is 1. The molecule has 27 heavy (non-hydrogen) atoms. The zero-order valence-electron chi connectivity index (χ0n) is 15.5. The highest BCUT2D eigenvalue weighted by Gasteiger charge is 2.28. The van der Waals surface area contributed by atoms with E-state index in [9.17, 15) is 4.79 Å². The number of para-hydroxylation sites is 1. The van der Waals surface area contributed by atoms with Crippen LogP contribution in [0.3, 0.4) is 0 Å². The van der Waals surface area contributed by atoms with Crippen LogP contribution in [-0.4, -0.2) is 40.0 Å². The first kappa shape index (κ1) is 18.1. The largest absolute Gasteiger partial charge is 0.298 e. The molecule has 1 fully saturated rings. The maximum atomic E-state index is 13.1. The van der Waals surface area contributed by atoms with E-state index in [4.69, 9.17) is 0 Å². The molecule has 0 spiro atoms. The van der Waals surface area contributed by atoms with Gasteiger partial charge in [-0.2, -0.15) is 0 Å². The molecular formula is C22H23N3OS. The number of rotatable bonds is 5. The molecule has 0 bridgehead atoms. The minimum Gasteiger partial charge on any atom is -0.298 e. The second-order valence-corrected chi connectivity index (χ2v) is 7.83. The summed E-state index contributed by atoms with van der Waals surface area (Å²) in [4.78, 5) is 25.5. The van der Waals surface area contributed by atoms with Crippen molar-refractivity contribution in [2.75, 3.05) is 19.3 Å². The Kier molecular flexibility index (Phi) is 5.50. The van der Waals surface area contributed by atoms with Crippen LogP contribution in [0.25, 0.3) is 11.0 Å². The van der Waals surface area contributed by atoms with Gasteiger partial charge in [0.1, 0.15) is 0 Å². The average molecular weight is 378 g/mol. The Balaban J connectivity index is 1.52. The SMILES string of the molecule is CSc1ccccc1C(=O)[C@@H]1CCCN(Cc2cccc3nccnc23)C1. The first-order chi connectivity index (χ1) is 13.3. The van der Waals surface area contributed by atoms with Crippen LogP contribution >= 0.6 is 11.8 Å². The molecular weight excluding hydrogens is 354 g/mol. The Hall–Kier alpha value is -2.24. The minimum atomic E-state index is 0.0631. The van der Waals surface area contributed by atoms with Crippen LogP contribution in [-0.2, 0) is 6.54 Å². The van der Waals surface area contributed by atoms with E-state index in [0.717, 1.165) is 54.0 Å². The molecule has 1 aliphatic heterocycles. The van der Waals surface area contributed by atoms with Crippen molar-refractivity contribution >= 4 is 28.6 Å². The highest BCUT2D eigenvalue weighted by Crippen LogP contribution is 2.28. The minimum absolute atomic E-state index is 0.0631. The number of piperidine rings is 1. The Morgan fingerprint density at radius 2 is 2.00 bits per heavy atom. The fraction of sp³-hybridized carbons (Fsp3) is 0.318. The maximum absolute atomic E-state index is 13.1. The number of hydrogen-bond donors (Lipinski definition) is 0. The van der Waals surface area contributed by atoms with E-state index in [1.54, 1.807) is 24.2 Å². The first-order valence-electron chi connectivity index (χ1n) is 9.34. The van der Waals surface area contributed by atoms with E-state index in [1.807, 2.05) is 42.7 Å². The smallest absolute Gasteiger partial charge is 0.168 e. The van der Waals surface area contributed by atoms with Crippen LogP contribution in [0.15, 0.2) is 59.8 Å². The lowest BCUT2D eigenvalue weighted by molar-refractivity contribution is 0.0809. The summed E-state index contributed by atoms with van der Waals surface area (Å²) >= 11 is 1.64. The molecule has 0 radical (unpaired) electrons. The molecule has 0 aliphatic carbocycles. The average Bonchev–Trinajstić information content (AvgIpc) is 2.73. The molecule has 1 saturated heterocycles. The monoisotopic (exact) mass is 377 g/mol. The van der Waals surface area contributed by atoms with Gasteiger partial charge in [-0.15, -0.1) is 11.8 Å². The third kappa shape index (κ3) is 3.89. The predicted octanol–water partition coefficient (Wildman–Crippen LogP) is 4.45. The molecule has 2 heterocycles. The number of nitrogens with zero attached hydrogens (tertiary/aromatic N) is 3. The predicted molar refractivity (Wildman–Crippen MR) is 110 cm³/mol. The van der Waals surface area contributed by atoms with E-state index in [-0.39, 0.29) is 11.7 Å². The van der Waals surface area contributed by atoms with Gasteiger partial charge in [0.15, 0.2) is 5.78 Å². The van der Waals surface area contributed by atoms with Crippen molar-refractivity contribution in [1.29, 1.82) is 0 Å². The van der Waals surface area contributed by atoms with E-state index in [0.29, 0.717) is 0 Å². The number of benzene rings is 2. The highest BCUT2D eigenvalue weighted by atomic mass is 32.2. The van der Waals surface area contributed by atoms with Gasteiger partial charge in [0.25, 0.3) is 0 Å². The number of likely N-dealkylation sites (tertiary alicyclic amines) is 1. The third-order valence-electron chi connectivity index (χ3n) is 5.22. The molecule has 0 amide bonds. The van der Waals surface area contributed by atoms with Crippen LogP contribution < -0.4 is 0 Å². The summed E-state index contributed by atoms with van der Waals surface area (Å²) in [6, 6.07) is 14.1. The van der Waals surface area contributed by atoms with Crippen molar-refractivity contribution in [2.24, 2.45) is 5.92 Å². The van der Waals surface area contributed by atoms with Gasteiger partial charge >= 0.3 is 0 Å². The van der Waals surface area contributed by atoms with Crippen molar-refractivity contribution in [3.8, 4) is 0 Å². The number of ketones is 1. The van der Waals surface area contributed by atoms with Crippen molar-refractivity contribution in [1.82, 2.24) is 14.9 Å². The normalized spacial score (nSPS) is 17.9. The zero-order valence-corrected chi connectivity index (χ0v) is 16.3. The Labute approximate surface area is 164 Å². The highest BCUT2D eigenvalue weighted by molar-refractivity contribution is 7.98. The van der Waals surface area contributed by atoms with Crippen LogP contribution in [0, 0.1) is 5.92 Å². The van der Waals surface area contributed by atoms with Gasteiger partial charge in [0.2, 0.25) is 0 Å². The Morgan fingerprint density at radius 1 is 1.15 bits per heavy atom. The molecule has 2 aromatic carbocycles. The van der Waals surface area contributed by atoms with E-state index in [1.165, 1.54) is 5.56 Å². The second kappa shape index (κ2) is 8.19. The molecule has 1 aliphatic rings. The molecule has 0 unspecified atom stereocenters. The Bertz CT molecular complexity index is 954. The second-order valence-electron chi connectivity index (χ2n) is 6.98. The zero-order chi connectivity index (χ0) is 18.6. The van der Waals surface area contributed by atoms with Gasteiger partial charge in [0, 0.05) is 41.9 Å². The van der Waals surface area contributed by atoms with Gasteiger partial charge in [0.05, 0.1) is 11.0 Å². The van der Waals surface area contributed by atoms with Gasteiger partial charge in [-0.3, -0.25) is 19.7 Å². The lowest BCUT2D eigenvalue weighted by Gasteiger charge is -2.32. The lowest BCUT2D eigenvalue weighted by Crippen LogP contribution is -2.38. The summed E-state index contributed by atoms with van der Waals surface area (Å²) in [5.41, 5.74) is 3.93. The van der Waals surface area contributed by atoms with Gasteiger partial charge in [-0.25, -0.2) is 0 Å². The Morgan fingerprint density at radius 3 is 2.89 bits per heavy atom. The number of fused-ring (bicyclic) bond motifs is 1. The van der Waals surface area contributed by atoms with Crippen molar-refractivity contribution in [3.63, 3.8) is 0 Å². The molecule has 4 rings (SSSR count). The van der Waals surface area contributed by atoms with Gasteiger partial charge < -0.3 is 0 Å². The summed E-state index contributed by atoms with van der Waals surface area (Å²) in [5, 5.41) is 0. The summed E-state index contributed by atoms with van der Waals surface area (Å²) in [6.07, 6.45) is 7.52. The quantitative estimate of drug-likeness (QED) is 0.486. The summed E-state index contributed by atoms with van der Waals surface area (Å²) in [6.45, 7) is 2.63. The maximum Gasteiger partial charge on any atom is 0.168 e. The molecule has 0 N–H and O–H groups in total. The summed E-state index contributed by atoms with van der Waals surface area (Å²) in [7, 11) is 0. The summed E-state index contributed by atoms with van der Waals surface area (Å²) < 4.78 is 0. The molecule has 138 valence electrons. The molecule has 4 nitrogen and oxygen atoms in total. The fourth-order valence-electron chi connectivity index (χ4n) is 3.90. The molecule has 3 aromatic rings. The van der Waals surface area contributed by atoms with Crippen molar-refractivity contribution in [2.45, 2.75) is 24.3 Å². The number of hydrogen-bond acceptors (Lipinski definition) is 5. The van der Waals surface area contributed by atoms with E-state index in [2.05, 4.69) is 20.9 Å². The molecule has 0 saturated carbocycles. The molecule has 1 atom stereocenters. The lowest BCUT2D eigenvalue weighted by atomic mass is 9.89. The molecule has 5 heteroatoms. The van der Waals surface area contributed by atoms with Crippen molar-refractivity contribution in [3.05, 3.63) is 66.0 Å². The van der Waals surface area contributed by atoms with Gasteiger partial charge in [-0.05, 0) is 43.3 Å². The van der Waals surface area contributed by atoms with Crippen LogP contribution in [0.2, 0.25) is 0 Å². The molecule has 1 aromatic heterocycles. The number of aromatic nitrogens is 2. The standard InChI is InChI=1S/C22H23N3OS/c1-27-20-10-3-2-8-18(20)22(26)17-7-5-13-25(15-17)14-16-6-4-9-19-21(16)24-12-11-23-19/h2-4,6,8-12,17H,5,7,13-15H2,1H3/t17-/m1/s1.